The average molecular weight is 314 g/mol. The van der Waals surface area contributed by atoms with Crippen LogP contribution >= 0.6 is 0 Å². The lowest BCUT2D eigenvalue weighted by molar-refractivity contribution is -0.133. The second-order valence-corrected chi connectivity index (χ2v) is 7.20. The van der Waals surface area contributed by atoms with E-state index in [2.05, 4.69) is 29.6 Å². The molecule has 0 aliphatic carbocycles. The fourth-order valence-corrected chi connectivity index (χ4v) is 3.78. The maximum Gasteiger partial charge on any atom is 0.222 e. The van der Waals surface area contributed by atoms with Crippen LogP contribution in [0.1, 0.15) is 56.9 Å². The van der Waals surface area contributed by atoms with Crippen LogP contribution in [0.25, 0.3) is 0 Å². The van der Waals surface area contributed by atoms with Crippen LogP contribution in [0.2, 0.25) is 0 Å². The van der Waals surface area contributed by atoms with Crippen LogP contribution in [0.4, 0.5) is 0 Å². The Hall–Kier alpha value is -1.84. The van der Waals surface area contributed by atoms with Gasteiger partial charge in [-0.05, 0) is 38.2 Å². The molecular weight excluding hydrogens is 288 g/mol. The van der Waals surface area contributed by atoms with Crippen molar-refractivity contribution in [2.45, 2.75) is 56.9 Å². The molecule has 2 aliphatic rings. The van der Waals surface area contributed by atoms with E-state index >= 15 is 0 Å². The lowest BCUT2D eigenvalue weighted by Gasteiger charge is -2.34. The van der Waals surface area contributed by atoms with Crippen molar-refractivity contribution in [1.29, 1.82) is 0 Å². The SMILES string of the molecule is CC1(CCC(=O)N2CCCC(c3ccccc3)C2)CCC(=O)N1. The number of piperidine rings is 1. The number of hydrogen-bond acceptors (Lipinski definition) is 2. The van der Waals surface area contributed by atoms with Gasteiger partial charge in [0.25, 0.3) is 0 Å². The van der Waals surface area contributed by atoms with Gasteiger partial charge in [0.1, 0.15) is 0 Å². The predicted molar refractivity (Wildman–Crippen MR) is 90.0 cm³/mol. The Morgan fingerprint density at radius 2 is 2.13 bits per heavy atom. The van der Waals surface area contributed by atoms with Crippen LogP contribution in [0.5, 0.6) is 0 Å². The Labute approximate surface area is 138 Å². The topological polar surface area (TPSA) is 49.4 Å². The van der Waals surface area contributed by atoms with E-state index in [4.69, 9.17) is 0 Å². The molecular formula is C19H26N2O2. The highest BCUT2D eigenvalue weighted by molar-refractivity contribution is 5.80. The van der Waals surface area contributed by atoms with Gasteiger partial charge in [-0.1, -0.05) is 30.3 Å². The van der Waals surface area contributed by atoms with Crippen LogP contribution in [0.3, 0.4) is 0 Å². The van der Waals surface area contributed by atoms with Crippen molar-refractivity contribution in [2.24, 2.45) is 0 Å². The Balaban J connectivity index is 1.54. The summed E-state index contributed by atoms with van der Waals surface area (Å²) in [5.41, 5.74) is 1.14. The minimum atomic E-state index is -0.193. The molecule has 2 atom stereocenters. The summed E-state index contributed by atoms with van der Waals surface area (Å²) in [5.74, 6) is 0.797. The summed E-state index contributed by atoms with van der Waals surface area (Å²) in [6.07, 6.45) is 4.92. The van der Waals surface area contributed by atoms with E-state index in [0.717, 1.165) is 38.8 Å². The molecule has 2 heterocycles. The molecule has 0 aromatic heterocycles. The van der Waals surface area contributed by atoms with Crippen LogP contribution in [0.15, 0.2) is 30.3 Å². The maximum absolute atomic E-state index is 12.6. The predicted octanol–water partition coefficient (Wildman–Crippen LogP) is 2.84. The first-order valence-electron chi connectivity index (χ1n) is 8.69. The molecule has 1 N–H and O–H groups in total. The number of likely N-dealkylation sites (tertiary alicyclic amines) is 1. The van der Waals surface area contributed by atoms with Gasteiger partial charge >= 0.3 is 0 Å². The van der Waals surface area contributed by atoms with Crippen LogP contribution in [0, 0.1) is 0 Å². The Kier molecular flexibility index (Phi) is 4.69. The number of carbonyl (C=O) groups is 2. The van der Waals surface area contributed by atoms with Crippen LogP contribution in [-0.4, -0.2) is 35.3 Å². The highest BCUT2D eigenvalue weighted by Gasteiger charge is 2.34. The standard InChI is InChI=1S/C19H26N2O2/c1-19(11-9-17(22)20-19)12-10-18(23)21-13-5-8-16(14-21)15-6-3-2-4-7-15/h2-4,6-7,16H,5,8-14H2,1H3,(H,20,22). The summed E-state index contributed by atoms with van der Waals surface area (Å²) in [6.45, 7) is 3.74. The van der Waals surface area contributed by atoms with E-state index < -0.39 is 0 Å². The van der Waals surface area contributed by atoms with Crippen LogP contribution < -0.4 is 5.32 Å². The average Bonchev–Trinajstić information content (AvgIpc) is 2.93. The van der Waals surface area contributed by atoms with Crippen molar-refractivity contribution in [3.63, 3.8) is 0 Å². The smallest absolute Gasteiger partial charge is 0.222 e. The van der Waals surface area contributed by atoms with Gasteiger partial charge in [0, 0.05) is 37.4 Å². The maximum atomic E-state index is 12.6. The molecule has 124 valence electrons. The largest absolute Gasteiger partial charge is 0.351 e. The molecule has 1 aromatic carbocycles. The molecule has 23 heavy (non-hydrogen) atoms. The van der Waals surface area contributed by atoms with Crippen molar-refractivity contribution < 1.29 is 9.59 Å². The van der Waals surface area contributed by atoms with E-state index in [0.29, 0.717) is 18.8 Å². The first-order chi connectivity index (χ1) is 11.1. The van der Waals surface area contributed by atoms with Gasteiger partial charge < -0.3 is 10.2 Å². The van der Waals surface area contributed by atoms with Crippen molar-refractivity contribution in [3.05, 3.63) is 35.9 Å². The number of hydrogen-bond donors (Lipinski definition) is 1. The Morgan fingerprint density at radius 3 is 2.83 bits per heavy atom. The number of amides is 2. The zero-order valence-corrected chi connectivity index (χ0v) is 13.9. The molecule has 0 spiro atoms. The van der Waals surface area contributed by atoms with Crippen molar-refractivity contribution in [2.75, 3.05) is 13.1 Å². The highest BCUT2D eigenvalue weighted by atomic mass is 16.2. The third-order valence-electron chi connectivity index (χ3n) is 5.28. The van der Waals surface area contributed by atoms with E-state index in [1.165, 1.54) is 5.56 Å². The quantitative estimate of drug-likeness (QED) is 0.929. The van der Waals surface area contributed by atoms with Crippen molar-refractivity contribution >= 4 is 11.8 Å². The molecule has 0 radical (unpaired) electrons. The molecule has 0 bridgehead atoms. The Morgan fingerprint density at radius 1 is 1.35 bits per heavy atom. The van der Waals surface area contributed by atoms with E-state index in [1.54, 1.807) is 0 Å². The third kappa shape index (κ3) is 3.92. The molecule has 2 fully saturated rings. The minimum absolute atomic E-state index is 0.113. The van der Waals surface area contributed by atoms with E-state index in [1.807, 2.05) is 17.9 Å². The molecule has 3 rings (SSSR count). The molecule has 2 saturated heterocycles. The molecule has 2 amide bonds. The van der Waals surface area contributed by atoms with Gasteiger partial charge in [-0.2, -0.15) is 0 Å². The number of benzene rings is 1. The molecule has 4 heteroatoms. The summed E-state index contributed by atoms with van der Waals surface area (Å²) in [4.78, 5) is 26.0. The summed E-state index contributed by atoms with van der Waals surface area (Å²) in [5, 5.41) is 3.01. The zero-order valence-electron chi connectivity index (χ0n) is 13.9. The zero-order chi connectivity index (χ0) is 16.3. The molecule has 1 aromatic rings. The number of carbonyl (C=O) groups excluding carboxylic acids is 2. The van der Waals surface area contributed by atoms with Gasteiger partial charge in [0.2, 0.25) is 11.8 Å². The monoisotopic (exact) mass is 314 g/mol. The number of nitrogens with one attached hydrogen (secondary N) is 1. The minimum Gasteiger partial charge on any atom is -0.351 e. The van der Waals surface area contributed by atoms with Crippen molar-refractivity contribution in [3.8, 4) is 0 Å². The molecule has 2 unspecified atom stereocenters. The second kappa shape index (κ2) is 6.73. The molecule has 2 aliphatic heterocycles. The summed E-state index contributed by atoms with van der Waals surface area (Å²) >= 11 is 0. The molecule has 0 saturated carbocycles. The number of nitrogens with zero attached hydrogens (tertiary/aromatic N) is 1. The Bertz CT molecular complexity index is 572. The first-order valence-corrected chi connectivity index (χ1v) is 8.69. The van der Waals surface area contributed by atoms with Crippen molar-refractivity contribution in [1.82, 2.24) is 10.2 Å². The summed E-state index contributed by atoms with van der Waals surface area (Å²) < 4.78 is 0. The number of rotatable bonds is 4. The summed E-state index contributed by atoms with van der Waals surface area (Å²) in [6, 6.07) is 10.5. The lowest BCUT2D eigenvalue weighted by Crippen LogP contribution is -2.42. The second-order valence-electron chi connectivity index (χ2n) is 7.20. The van der Waals surface area contributed by atoms with Gasteiger partial charge in [-0.25, -0.2) is 0 Å². The fourth-order valence-electron chi connectivity index (χ4n) is 3.78. The normalized spacial score (nSPS) is 27.8. The van der Waals surface area contributed by atoms with Gasteiger partial charge in [-0.15, -0.1) is 0 Å². The fraction of sp³-hybridized carbons (Fsp3) is 0.579. The van der Waals surface area contributed by atoms with E-state index in [9.17, 15) is 9.59 Å². The van der Waals surface area contributed by atoms with Crippen LogP contribution in [-0.2, 0) is 9.59 Å². The highest BCUT2D eigenvalue weighted by Crippen LogP contribution is 2.29. The van der Waals surface area contributed by atoms with Gasteiger partial charge in [0.05, 0.1) is 0 Å². The lowest BCUT2D eigenvalue weighted by atomic mass is 9.90. The summed E-state index contributed by atoms with van der Waals surface area (Å²) in [7, 11) is 0. The van der Waals surface area contributed by atoms with Gasteiger partial charge in [0.15, 0.2) is 0 Å². The van der Waals surface area contributed by atoms with Gasteiger partial charge in [-0.3, -0.25) is 9.59 Å². The third-order valence-corrected chi connectivity index (χ3v) is 5.28. The first kappa shape index (κ1) is 16.0. The van der Waals surface area contributed by atoms with E-state index in [-0.39, 0.29) is 17.4 Å². The molecule has 4 nitrogen and oxygen atoms in total.